The summed E-state index contributed by atoms with van der Waals surface area (Å²) >= 11 is 0. The molecule has 0 aliphatic rings. The van der Waals surface area contributed by atoms with Gasteiger partial charge in [-0.25, -0.2) is 9.18 Å². The summed E-state index contributed by atoms with van der Waals surface area (Å²) in [4.78, 5) is 26.7. The summed E-state index contributed by atoms with van der Waals surface area (Å²) in [6, 6.07) is 13.2. The summed E-state index contributed by atoms with van der Waals surface area (Å²) in [5.74, 6) is 0.0321. The number of carbonyl (C=O) groups is 1. The average molecular weight is 371 g/mol. The number of benzene rings is 2. The van der Waals surface area contributed by atoms with Crippen LogP contribution in [-0.2, 0) is 17.9 Å². The smallest absolute Gasteiger partial charge is 0.329 e. The first-order valence-electron chi connectivity index (χ1n) is 8.81. The van der Waals surface area contributed by atoms with Gasteiger partial charge in [0.05, 0.1) is 17.6 Å². The van der Waals surface area contributed by atoms with Crippen LogP contribution in [0.1, 0.15) is 6.92 Å². The zero-order valence-corrected chi connectivity index (χ0v) is 15.4. The Morgan fingerprint density at radius 2 is 1.70 bits per heavy atom. The maximum Gasteiger partial charge on any atom is 0.329 e. The summed E-state index contributed by atoms with van der Waals surface area (Å²) in [6.45, 7) is 3.05. The topological polar surface area (TPSA) is 56.5 Å². The Balaban J connectivity index is 1.65. The van der Waals surface area contributed by atoms with Crippen LogP contribution in [-0.4, -0.2) is 40.1 Å². The number of aryl methyl sites for hydroxylation is 1. The van der Waals surface area contributed by atoms with Crippen molar-refractivity contribution in [2.24, 2.45) is 0 Å². The van der Waals surface area contributed by atoms with Crippen molar-refractivity contribution in [2.45, 2.75) is 20.0 Å². The molecule has 0 unspecified atom stereocenters. The first-order valence-corrected chi connectivity index (χ1v) is 8.81. The Bertz CT molecular complexity index is 992. The molecule has 1 aromatic heterocycles. The van der Waals surface area contributed by atoms with Crippen LogP contribution in [0.25, 0.3) is 11.0 Å². The Labute approximate surface area is 156 Å². The van der Waals surface area contributed by atoms with E-state index in [2.05, 4.69) is 0 Å². The Morgan fingerprint density at radius 3 is 2.33 bits per heavy atom. The number of rotatable bonds is 7. The normalized spacial score (nSPS) is 10.9. The largest absolute Gasteiger partial charge is 0.492 e. The zero-order chi connectivity index (χ0) is 19.4. The molecule has 27 heavy (non-hydrogen) atoms. The number of likely N-dealkylation sites (N-methyl/N-ethyl adjacent to an activating group) is 1. The summed E-state index contributed by atoms with van der Waals surface area (Å²) in [7, 11) is 1.67. The molecule has 7 heteroatoms. The van der Waals surface area contributed by atoms with E-state index in [9.17, 15) is 14.0 Å². The minimum absolute atomic E-state index is 0.0284. The Hall–Kier alpha value is -3.09. The molecule has 3 rings (SSSR count). The number of ether oxygens (including phenoxy) is 1. The lowest BCUT2D eigenvalue weighted by atomic mass is 10.3. The highest BCUT2D eigenvalue weighted by molar-refractivity contribution is 5.80. The van der Waals surface area contributed by atoms with Crippen molar-refractivity contribution >= 4 is 16.9 Å². The van der Waals surface area contributed by atoms with Crippen LogP contribution in [0.15, 0.2) is 53.3 Å². The van der Waals surface area contributed by atoms with E-state index < -0.39 is 0 Å². The number of carbonyl (C=O) groups excluding carboxylic acids is 1. The van der Waals surface area contributed by atoms with Crippen molar-refractivity contribution in [1.82, 2.24) is 14.0 Å². The Kier molecular flexibility index (Phi) is 5.59. The number of hydrogen-bond acceptors (Lipinski definition) is 3. The molecule has 0 aliphatic carbocycles. The molecule has 1 heterocycles. The molecule has 3 aromatic rings. The molecule has 2 aromatic carbocycles. The lowest BCUT2D eigenvalue weighted by Gasteiger charge is -2.18. The van der Waals surface area contributed by atoms with Gasteiger partial charge in [-0.05, 0) is 43.3 Å². The quantitative estimate of drug-likeness (QED) is 0.641. The van der Waals surface area contributed by atoms with Crippen LogP contribution in [0.5, 0.6) is 5.75 Å². The molecule has 0 aliphatic heterocycles. The SMILES string of the molecule is CCn1c(=O)n(CC(=O)N(C)CCOc2ccc(F)cc2)c2ccccc21. The third kappa shape index (κ3) is 4.02. The van der Waals surface area contributed by atoms with E-state index in [0.29, 0.717) is 18.8 Å². The molecular weight excluding hydrogens is 349 g/mol. The van der Waals surface area contributed by atoms with Crippen molar-refractivity contribution in [2.75, 3.05) is 20.2 Å². The van der Waals surface area contributed by atoms with E-state index in [-0.39, 0.29) is 30.6 Å². The van der Waals surface area contributed by atoms with Gasteiger partial charge in [0.2, 0.25) is 5.91 Å². The van der Waals surface area contributed by atoms with Gasteiger partial charge in [-0.1, -0.05) is 12.1 Å². The molecule has 0 N–H and O–H groups in total. The number of fused-ring (bicyclic) bond motifs is 1. The predicted molar refractivity (Wildman–Crippen MR) is 101 cm³/mol. The summed E-state index contributed by atoms with van der Waals surface area (Å²) < 4.78 is 21.5. The highest BCUT2D eigenvalue weighted by atomic mass is 19.1. The van der Waals surface area contributed by atoms with Gasteiger partial charge in [-0.3, -0.25) is 13.9 Å². The van der Waals surface area contributed by atoms with Crippen molar-refractivity contribution in [3.63, 3.8) is 0 Å². The number of imidazole rings is 1. The third-order valence-electron chi connectivity index (χ3n) is 4.47. The number of halogens is 1. The van der Waals surface area contributed by atoms with Crippen LogP contribution in [0.2, 0.25) is 0 Å². The minimum Gasteiger partial charge on any atom is -0.492 e. The fraction of sp³-hybridized carbons (Fsp3) is 0.300. The molecule has 0 atom stereocenters. The summed E-state index contributed by atoms with van der Waals surface area (Å²) in [6.07, 6.45) is 0. The predicted octanol–water partition coefficient (Wildman–Crippen LogP) is 2.50. The van der Waals surface area contributed by atoms with Gasteiger partial charge in [0, 0.05) is 13.6 Å². The summed E-state index contributed by atoms with van der Waals surface area (Å²) in [5.41, 5.74) is 1.37. The second-order valence-corrected chi connectivity index (χ2v) is 6.22. The van der Waals surface area contributed by atoms with Crippen LogP contribution in [0.4, 0.5) is 4.39 Å². The van der Waals surface area contributed by atoms with E-state index in [1.54, 1.807) is 11.6 Å². The molecule has 6 nitrogen and oxygen atoms in total. The maximum atomic E-state index is 12.9. The van der Waals surface area contributed by atoms with Crippen molar-refractivity contribution < 1.29 is 13.9 Å². The first-order chi connectivity index (χ1) is 13.0. The van der Waals surface area contributed by atoms with E-state index in [1.807, 2.05) is 31.2 Å². The van der Waals surface area contributed by atoms with Gasteiger partial charge in [0.15, 0.2) is 0 Å². The molecule has 0 fully saturated rings. The number of amides is 1. The second-order valence-electron chi connectivity index (χ2n) is 6.22. The van der Waals surface area contributed by atoms with Gasteiger partial charge in [-0.15, -0.1) is 0 Å². The fourth-order valence-electron chi connectivity index (χ4n) is 2.94. The third-order valence-corrected chi connectivity index (χ3v) is 4.47. The summed E-state index contributed by atoms with van der Waals surface area (Å²) in [5, 5.41) is 0. The van der Waals surface area contributed by atoms with Crippen molar-refractivity contribution in [3.8, 4) is 5.75 Å². The Morgan fingerprint density at radius 1 is 1.07 bits per heavy atom. The molecule has 0 radical (unpaired) electrons. The van der Waals surface area contributed by atoms with Crippen LogP contribution in [0, 0.1) is 5.82 Å². The zero-order valence-electron chi connectivity index (χ0n) is 15.4. The van der Waals surface area contributed by atoms with Crippen molar-refractivity contribution in [1.29, 1.82) is 0 Å². The monoisotopic (exact) mass is 371 g/mol. The minimum atomic E-state index is -0.327. The van der Waals surface area contributed by atoms with Gasteiger partial charge in [0.1, 0.15) is 24.7 Å². The van der Waals surface area contributed by atoms with E-state index in [4.69, 9.17) is 4.74 Å². The van der Waals surface area contributed by atoms with Gasteiger partial charge < -0.3 is 9.64 Å². The standard InChI is InChI=1S/C20H22FN3O3/c1-3-23-17-6-4-5-7-18(17)24(20(23)26)14-19(25)22(2)12-13-27-16-10-8-15(21)9-11-16/h4-11H,3,12-14H2,1-2H3. The second kappa shape index (κ2) is 8.07. The van der Waals surface area contributed by atoms with Crippen LogP contribution < -0.4 is 10.4 Å². The number of nitrogens with zero attached hydrogens (tertiary/aromatic N) is 3. The number of hydrogen-bond donors (Lipinski definition) is 0. The van der Waals surface area contributed by atoms with E-state index in [1.165, 1.54) is 33.7 Å². The van der Waals surface area contributed by atoms with Crippen LogP contribution in [0.3, 0.4) is 0 Å². The van der Waals surface area contributed by atoms with E-state index >= 15 is 0 Å². The lowest BCUT2D eigenvalue weighted by molar-refractivity contribution is -0.130. The van der Waals surface area contributed by atoms with Gasteiger partial charge >= 0.3 is 5.69 Å². The highest BCUT2D eigenvalue weighted by Crippen LogP contribution is 2.13. The molecule has 0 saturated heterocycles. The number of para-hydroxylation sites is 2. The lowest BCUT2D eigenvalue weighted by Crippen LogP contribution is -2.36. The maximum absolute atomic E-state index is 12.9. The first kappa shape index (κ1) is 18.7. The fourth-order valence-corrected chi connectivity index (χ4v) is 2.94. The highest BCUT2D eigenvalue weighted by Gasteiger charge is 2.16. The van der Waals surface area contributed by atoms with Crippen molar-refractivity contribution in [3.05, 3.63) is 64.8 Å². The molecule has 0 bridgehead atoms. The molecule has 1 amide bonds. The molecule has 0 spiro atoms. The molecule has 142 valence electrons. The molecular formula is C20H22FN3O3. The molecule has 0 saturated carbocycles. The van der Waals surface area contributed by atoms with Gasteiger partial charge in [-0.2, -0.15) is 0 Å². The number of aromatic nitrogens is 2. The van der Waals surface area contributed by atoms with Gasteiger partial charge in [0.25, 0.3) is 0 Å². The average Bonchev–Trinajstić information content (AvgIpc) is 2.94. The van der Waals surface area contributed by atoms with E-state index in [0.717, 1.165) is 11.0 Å². The van der Waals surface area contributed by atoms with Crippen LogP contribution >= 0.6 is 0 Å².